The lowest BCUT2D eigenvalue weighted by atomic mass is 10.2. The van der Waals surface area contributed by atoms with Crippen molar-refractivity contribution < 1.29 is 14.0 Å². The van der Waals surface area contributed by atoms with Gasteiger partial charge in [-0.05, 0) is 31.2 Å². The fourth-order valence-corrected chi connectivity index (χ4v) is 2.78. The molecule has 0 aliphatic carbocycles. The number of carbonyl (C=O) groups excluding carboxylic acids is 2. The Morgan fingerprint density at radius 3 is 2.29 bits per heavy atom. The molecule has 1 N–H and O–H groups in total. The summed E-state index contributed by atoms with van der Waals surface area (Å²) in [6.07, 6.45) is 0. The summed E-state index contributed by atoms with van der Waals surface area (Å²) in [6.45, 7) is 5.19. The van der Waals surface area contributed by atoms with Gasteiger partial charge in [0.1, 0.15) is 5.82 Å². The molecule has 0 bridgehead atoms. The number of likely N-dealkylation sites (N-methyl/N-ethyl adjacent to an activating group) is 1. The maximum Gasteiger partial charge on any atom is 0.239 e. The van der Waals surface area contributed by atoms with Crippen molar-refractivity contribution in [2.45, 2.75) is 13.0 Å². The molecule has 6 nitrogen and oxygen atoms in total. The number of rotatable bonds is 5. The number of carbonyl (C=O) groups is 2. The van der Waals surface area contributed by atoms with Crippen LogP contribution in [0.15, 0.2) is 24.3 Å². The van der Waals surface area contributed by atoms with Crippen molar-refractivity contribution in [2.24, 2.45) is 0 Å². The molecule has 132 valence electrons. The highest BCUT2D eigenvalue weighted by atomic mass is 19.1. The Balaban J connectivity index is 1.77. The summed E-state index contributed by atoms with van der Waals surface area (Å²) in [5.74, 6) is -0.351. The van der Waals surface area contributed by atoms with E-state index in [0.29, 0.717) is 12.2 Å². The van der Waals surface area contributed by atoms with E-state index >= 15 is 0 Å². The first-order valence-corrected chi connectivity index (χ1v) is 8.10. The molecule has 2 rings (SSSR count). The van der Waals surface area contributed by atoms with Gasteiger partial charge in [-0.3, -0.25) is 19.4 Å². The predicted octanol–water partition coefficient (Wildman–Crippen LogP) is 0.858. The summed E-state index contributed by atoms with van der Waals surface area (Å²) >= 11 is 0. The van der Waals surface area contributed by atoms with Crippen LogP contribution in [0.4, 0.5) is 10.1 Å². The molecule has 2 amide bonds. The smallest absolute Gasteiger partial charge is 0.239 e. The van der Waals surface area contributed by atoms with Crippen molar-refractivity contribution in [3.05, 3.63) is 30.1 Å². The number of nitrogens with zero attached hydrogens (tertiary/aromatic N) is 3. The Morgan fingerprint density at radius 2 is 1.75 bits per heavy atom. The lowest BCUT2D eigenvalue weighted by molar-refractivity contribution is -0.134. The molecule has 1 aliphatic rings. The Hall–Kier alpha value is -1.99. The van der Waals surface area contributed by atoms with Crippen LogP contribution in [0.5, 0.6) is 0 Å². The third kappa shape index (κ3) is 5.01. The summed E-state index contributed by atoms with van der Waals surface area (Å²) < 4.78 is 12.9. The highest BCUT2D eigenvalue weighted by molar-refractivity contribution is 5.92. The second-order valence-electron chi connectivity index (χ2n) is 6.28. The number of nitrogens with one attached hydrogen (secondary N) is 1. The number of benzene rings is 1. The quantitative estimate of drug-likeness (QED) is 0.866. The van der Waals surface area contributed by atoms with Gasteiger partial charge in [-0.15, -0.1) is 0 Å². The highest BCUT2D eigenvalue weighted by Crippen LogP contribution is 2.10. The van der Waals surface area contributed by atoms with E-state index in [1.54, 1.807) is 31.1 Å². The van der Waals surface area contributed by atoms with Crippen molar-refractivity contribution in [3.8, 4) is 0 Å². The van der Waals surface area contributed by atoms with Gasteiger partial charge in [0.15, 0.2) is 0 Å². The van der Waals surface area contributed by atoms with Crippen molar-refractivity contribution in [1.82, 2.24) is 14.7 Å². The summed E-state index contributed by atoms with van der Waals surface area (Å²) in [7, 11) is 3.52. The van der Waals surface area contributed by atoms with Gasteiger partial charge in [0.2, 0.25) is 11.8 Å². The third-order valence-electron chi connectivity index (χ3n) is 4.25. The van der Waals surface area contributed by atoms with Gasteiger partial charge in [-0.2, -0.15) is 0 Å². The second kappa shape index (κ2) is 8.21. The van der Waals surface area contributed by atoms with Crippen molar-refractivity contribution in [1.29, 1.82) is 0 Å². The van der Waals surface area contributed by atoms with E-state index in [9.17, 15) is 14.0 Å². The van der Waals surface area contributed by atoms with Gasteiger partial charge in [0.05, 0.1) is 12.6 Å². The monoisotopic (exact) mass is 336 g/mol. The lowest BCUT2D eigenvalue weighted by Crippen LogP contribution is -2.54. The molecule has 0 saturated carbocycles. The molecule has 1 aliphatic heterocycles. The standard InChI is InChI=1S/C17H25FN4O2/c1-13(17(24)20(2)3)22-10-8-21(9-11-22)12-16(23)19-15-6-4-14(18)5-7-15/h4-7,13H,8-12H2,1-3H3,(H,19,23)/t13-/m1/s1. The highest BCUT2D eigenvalue weighted by Gasteiger charge is 2.27. The molecule has 1 atom stereocenters. The van der Waals surface area contributed by atoms with Crippen molar-refractivity contribution >= 4 is 17.5 Å². The zero-order valence-electron chi connectivity index (χ0n) is 14.5. The van der Waals surface area contributed by atoms with E-state index in [0.717, 1.165) is 26.2 Å². The second-order valence-corrected chi connectivity index (χ2v) is 6.28. The van der Waals surface area contributed by atoms with E-state index in [1.165, 1.54) is 12.1 Å². The Bertz CT molecular complexity index is 568. The van der Waals surface area contributed by atoms with Crippen LogP contribution >= 0.6 is 0 Å². The average molecular weight is 336 g/mol. The molecule has 1 aromatic rings. The van der Waals surface area contributed by atoms with Crippen LogP contribution in [0.3, 0.4) is 0 Å². The van der Waals surface area contributed by atoms with E-state index in [1.807, 2.05) is 6.92 Å². The van der Waals surface area contributed by atoms with E-state index in [4.69, 9.17) is 0 Å². The largest absolute Gasteiger partial charge is 0.347 e. The van der Waals surface area contributed by atoms with E-state index in [2.05, 4.69) is 15.1 Å². The Morgan fingerprint density at radius 1 is 1.17 bits per heavy atom. The first kappa shape index (κ1) is 18.4. The number of anilines is 1. The number of hydrogen-bond acceptors (Lipinski definition) is 4. The van der Waals surface area contributed by atoms with Crippen LogP contribution in [0.2, 0.25) is 0 Å². The van der Waals surface area contributed by atoms with Crippen LogP contribution in [0, 0.1) is 5.82 Å². The maximum absolute atomic E-state index is 12.9. The van der Waals surface area contributed by atoms with Crippen molar-refractivity contribution in [2.75, 3.05) is 52.1 Å². The minimum absolute atomic E-state index is 0.0949. The third-order valence-corrected chi connectivity index (χ3v) is 4.25. The molecular weight excluding hydrogens is 311 g/mol. The first-order valence-electron chi connectivity index (χ1n) is 8.10. The first-order chi connectivity index (χ1) is 11.4. The van der Waals surface area contributed by atoms with Gasteiger partial charge < -0.3 is 10.2 Å². The number of amides is 2. The minimum atomic E-state index is -0.328. The molecule has 1 heterocycles. The molecular formula is C17H25FN4O2. The Labute approximate surface area is 142 Å². The molecule has 0 radical (unpaired) electrons. The summed E-state index contributed by atoms with van der Waals surface area (Å²) in [6, 6.07) is 5.57. The van der Waals surface area contributed by atoms with E-state index in [-0.39, 0.29) is 23.7 Å². The van der Waals surface area contributed by atoms with Gasteiger partial charge in [-0.25, -0.2) is 4.39 Å². The summed E-state index contributed by atoms with van der Waals surface area (Å²) in [5, 5.41) is 2.76. The molecule has 1 aromatic carbocycles. The number of hydrogen-bond donors (Lipinski definition) is 1. The average Bonchev–Trinajstić information content (AvgIpc) is 2.56. The number of piperazine rings is 1. The van der Waals surface area contributed by atoms with Gasteiger partial charge in [0.25, 0.3) is 0 Å². The number of halogens is 1. The minimum Gasteiger partial charge on any atom is -0.347 e. The zero-order valence-corrected chi connectivity index (χ0v) is 14.5. The van der Waals surface area contributed by atoms with Crippen LogP contribution < -0.4 is 5.32 Å². The zero-order chi connectivity index (χ0) is 17.7. The molecule has 24 heavy (non-hydrogen) atoms. The lowest BCUT2D eigenvalue weighted by Gasteiger charge is -2.37. The fourth-order valence-electron chi connectivity index (χ4n) is 2.78. The topological polar surface area (TPSA) is 55.9 Å². The molecule has 0 unspecified atom stereocenters. The van der Waals surface area contributed by atoms with Gasteiger partial charge >= 0.3 is 0 Å². The molecule has 1 saturated heterocycles. The van der Waals surface area contributed by atoms with Crippen LogP contribution in [0.25, 0.3) is 0 Å². The van der Waals surface area contributed by atoms with Crippen LogP contribution in [0.1, 0.15) is 6.92 Å². The predicted molar refractivity (Wildman–Crippen MR) is 91.2 cm³/mol. The summed E-state index contributed by atoms with van der Waals surface area (Å²) in [4.78, 5) is 29.9. The summed E-state index contributed by atoms with van der Waals surface area (Å²) in [5.41, 5.74) is 0.588. The van der Waals surface area contributed by atoms with Gasteiger partial charge in [-0.1, -0.05) is 0 Å². The molecule has 0 aromatic heterocycles. The fraction of sp³-hybridized carbons (Fsp3) is 0.529. The molecule has 7 heteroatoms. The van der Waals surface area contributed by atoms with Crippen LogP contribution in [-0.4, -0.2) is 79.4 Å². The molecule has 1 fully saturated rings. The van der Waals surface area contributed by atoms with E-state index < -0.39 is 0 Å². The maximum atomic E-state index is 12.9. The normalized spacial score (nSPS) is 17.3. The van der Waals surface area contributed by atoms with Gasteiger partial charge in [0, 0.05) is 46.0 Å². The molecule has 0 spiro atoms. The van der Waals surface area contributed by atoms with Crippen molar-refractivity contribution in [3.63, 3.8) is 0 Å². The van der Waals surface area contributed by atoms with Crippen LogP contribution in [-0.2, 0) is 9.59 Å². The Kier molecular flexibility index (Phi) is 6.28. The SMILES string of the molecule is C[C@H](C(=O)N(C)C)N1CCN(CC(=O)Nc2ccc(F)cc2)CC1.